The average Bonchev–Trinajstić information content (AvgIpc) is 2.72. The molecule has 4 aromatic rings. The Hall–Kier alpha value is -3.52. The summed E-state index contributed by atoms with van der Waals surface area (Å²) in [6.45, 7) is -0.415. The fourth-order valence-electron chi connectivity index (χ4n) is 3.05. The van der Waals surface area contributed by atoms with Gasteiger partial charge in [-0.15, -0.1) is 0 Å². The molecule has 0 saturated carbocycles. The molecule has 0 aliphatic carbocycles. The maximum Gasteiger partial charge on any atom is 0.337 e. The predicted molar refractivity (Wildman–Crippen MR) is 114 cm³/mol. The van der Waals surface area contributed by atoms with Gasteiger partial charge in [0.1, 0.15) is 6.54 Å². The van der Waals surface area contributed by atoms with E-state index in [1.165, 1.54) is 10.8 Å². The van der Waals surface area contributed by atoms with Gasteiger partial charge in [-0.25, -0.2) is 18.9 Å². The molecule has 4 rings (SSSR count). The standard InChI is InChI=1S/C21H15BrN4O3/c22-14-6-4-7-15(12-14)24-18(27)13-25-20(28)17-10-5-11-23-19(17)26(21(25)29)16-8-2-1-3-9-16/h1-12H,13H2,(H,24,27). The third kappa shape index (κ3) is 3.74. The Morgan fingerprint density at radius 3 is 2.55 bits per heavy atom. The lowest BCUT2D eigenvalue weighted by Crippen LogP contribution is -2.42. The third-order valence-electron chi connectivity index (χ3n) is 4.32. The number of carbonyl (C=O) groups excluding carboxylic acids is 1. The molecular weight excluding hydrogens is 436 g/mol. The van der Waals surface area contributed by atoms with Gasteiger partial charge in [-0.3, -0.25) is 9.59 Å². The number of anilines is 1. The minimum absolute atomic E-state index is 0.248. The number of rotatable bonds is 4. The lowest BCUT2D eigenvalue weighted by Gasteiger charge is -2.13. The van der Waals surface area contributed by atoms with Gasteiger partial charge in [0.05, 0.1) is 11.1 Å². The normalized spacial score (nSPS) is 10.8. The highest BCUT2D eigenvalue weighted by atomic mass is 79.9. The molecule has 8 heteroatoms. The van der Waals surface area contributed by atoms with Gasteiger partial charge in [0.15, 0.2) is 5.65 Å². The third-order valence-corrected chi connectivity index (χ3v) is 4.81. The number of hydrogen-bond donors (Lipinski definition) is 1. The van der Waals surface area contributed by atoms with Crippen LogP contribution >= 0.6 is 15.9 Å². The van der Waals surface area contributed by atoms with Crippen LogP contribution in [0.2, 0.25) is 0 Å². The first-order valence-corrected chi connectivity index (χ1v) is 9.55. The van der Waals surface area contributed by atoms with Crippen LogP contribution in [0.25, 0.3) is 16.7 Å². The highest BCUT2D eigenvalue weighted by molar-refractivity contribution is 9.10. The van der Waals surface area contributed by atoms with E-state index in [-0.39, 0.29) is 11.0 Å². The molecule has 0 spiro atoms. The number of nitrogens with one attached hydrogen (secondary N) is 1. The molecule has 0 atom stereocenters. The molecule has 2 aromatic heterocycles. The van der Waals surface area contributed by atoms with Gasteiger partial charge in [0.2, 0.25) is 5.91 Å². The molecule has 0 unspecified atom stereocenters. The molecule has 1 amide bonds. The lowest BCUT2D eigenvalue weighted by molar-refractivity contribution is -0.116. The van der Waals surface area contributed by atoms with E-state index in [0.29, 0.717) is 11.4 Å². The van der Waals surface area contributed by atoms with Crippen molar-refractivity contribution in [1.29, 1.82) is 0 Å². The summed E-state index contributed by atoms with van der Waals surface area (Å²) < 4.78 is 3.06. The first-order chi connectivity index (χ1) is 14.0. The van der Waals surface area contributed by atoms with E-state index in [9.17, 15) is 14.4 Å². The zero-order valence-electron chi connectivity index (χ0n) is 15.1. The molecule has 2 heterocycles. The molecule has 29 heavy (non-hydrogen) atoms. The van der Waals surface area contributed by atoms with Gasteiger partial charge in [0, 0.05) is 16.4 Å². The van der Waals surface area contributed by atoms with E-state index in [1.54, 1.807) is 54.6 Å². The minimum atomic E-state index is -0.628. The number of para-hydroxylation sites is 1. The van der Waals surface area contributed by atoms with Crippen LogP contribution in [0, 0.1) is 0 Å². The molecule has 144 valence electrons. The molecule has 1 N–H and O–H groups in total. The molecular formula is C21H15BrN4O3. The monoisotopic (exact) mass is 450 g/mol. The summed E-state index contributed by atoms with van der Waals surface area (Å²) in [5.41, 5.74) is 0.175. The highest BCUT2D eigenvalue weighted by Crippen LogP contribution is 2.15. The molecule has 0 aliphatic rings. The van der Waals surface area contributed by atoms with Gasteiger partial charge in [0.25, 0.3) is 5.56 Å². The minimum Gasteiger partial charge on any atom is -0.324 e. The van der Waals surface area contributed by atoms with Gasteiger partial charge in [-0.05, 0) is 42.5 Å². The number of benzene rings is 2. The summed E-state index contributed by atoms with van der Waals surface area (Å²) in [6.07, 6.45) is 1.52. The van der Waals surface area contributed by atoms with Gasteiger partial charge < -0.3 is 5.32 Å². The van der Waals surface area contributed by atoms with E-state index in [4.69, 9.17) is 0 Å². The van der Waals surface area contributed by atoms with Crippen LogP contribution in [-0.2, 0) is 11.3 Å². The number of fused-ring (bicyclic) bond motifs is 1. The number of aromatic nitrogens is 3. The van der Waals surface area contributed by atoms with Crippen molar-refractivity contribution in [1.82, 2.24) is 14.1 Å². The molecule has 2 aromatic carbocycles. The smallest absolute Gasteiger partial charge is 0.324 e. The Bertz CT molecular complexity index is 1330. The van der Waals surface area contributed by atoms with Gasteiger partial charge in [-0.2, -0.15) is 0 Å². The number of halogens is 1. The van der Waals surface area contributed by atoms with Gasteiger partial charge in [-0.1, -0.05) is 40.2 Å². The lowest BCUT2D eigenvalue weighted by atomic mass is 10.3. The highest BCUT2D eigenvalue weighted by Gasteiger charge is 2.17. The maximum atomic E-state index is 13.1. The quantitative estimate of drug-likeness (QED) is 0.517. The van der Waals surface area contributed by atoms with Crippen LogP contribution in [0.5, 0.6) is 0 Å². The molecule has 0 aliphatic heterocycles. The van der Waals surface area contributed by atoms with Crippen LogP contribution in [0.4, 0.5) is 5.69 Å². The van der Waals surface area contributed by atoms with Crippen LogP contribution < -0.4 is 16.6 Å². The number of hydrogen-bond acceptors (Lipinski definition) is 4. The van der Waals surface area contributed by atoms with E-state index >= 15 is 0 Å². The Kier molecular flexibility index (Phi) is 5.09. The van der Waals surface area contributed by atoms with Crippen molar-refractivity contribution < 1.29 is 4.79 Å². The zero-order valence-corrected chi connectivity index (χ0v) is 16.7. The van der Waals surface area contributed by atoms with Crippen molar-refractivity contribution in [3.8, 4) is 5.69 Å². The van der Waals surface area contributed by atoms with Crippen molar-refractivity contribution in [2.24, 2.45) is 0 Å². The van der Waals surface area contributed by atoms with Gasteiger partial charge >= 0.3 is 5.69 Å². The first kappa shape index (κ1) is 18.8. The first-order valence-electron chi connectivity index (χ1n) is 8.76. The second-order valence-electron chi connectivity index (χ2n) is 6.28. The molecule has 0 bridgehead atoms. The summed E-state index contributed by atoms with van der Waals surface area (Å²) in [5.74, 6) is -0.481. The van der Waals surface area contributed by atoms with Crippen LogP contribution in [0.15, 0.2) is 87.0 Å². The van der Waals surface area contributed by atoms with Crippen molar-refractivity contribution in [3.63, 3.8) is 0 Å². The number of carbonyl (C=O) groups is 1. The van der Waals surface area contributed by atoms with Crippen molar-refractivity contribution in [2.75, 3.05) is 5.32 Å². The summed E-state index contributed by atoms with van der Waals surface area (Å²) in [6, 6.07) is 19.1. The van der Waals surface area contributed by atoms with E-state index < -0.39 is 23.7 Å². The van der Waals surface area contributed by atoms with Crippen LogP contribution in [-0.4, -0.2) is 20.0 Å². The molecule has 7 nitrogen and oxygen atoms in total. The Morgan fingerprint density at radius 2 is 1.79 bits per heavy atom. The SMILES string of the molecule is O=C(Cn1c(=O)c2cccnc2n(-c2ccccc2)c1=O)Nc1cccc(Br)c1. The number of nitrogens with zero attached hydrogens (tertiary/aromatic N) is 3. The molecule has 0 saturated heterocycles. The largest absolute Gasteiger partial charge is 0.337 e. The summed E-state index contributed by atoms with van der Waals surface area (Å²) in [7, 11) is 0. The van der Waals surface area contributed by atoms with Crippen LogP contribution in [0.1, 0.15) is 0 Å². The zero-order chi connectivity index (χ0) is 20.4. The number of amides is 1. The van der Waals surface area contributed by atoms with E-state index in [0.717, 1.165) is 9.04 Å². The topological polar surface area (TPSA) is 86.0 Å². The Morgan fingerprint density at radius 1 is 1.00 bits per heavy atom. The van der Waals surface area contributed by atoms with Crippen molar-refractivity contribution in [2.45, 2.75) is 6.54 Å². The summed E-state index contributed by atoms with van der Waals surface area (Å²) in [4.78, 5) is 42.8. The fraction of sp³-hybridized carbons (Fsp3) is 0.0476. The second-order valence-corrected chi connectivity index (χ2v) is 7.19. The van der Waals surface area contributed by atoms with Crippen LogP contribution in [0.3, 0.4) is 0 Å². The van der Waals surface area contributed by atoms with E-state index in [2.05, 4.69) is 26.2 Å². The molecule has 0 radical (unpaired) electrons. The van der Waals surface area contributed by atoms with E-state index in [1.807, 2.05) is 12.1 Å². The summed E-state index contributed by atoms with van der Waals surface area (Å²) in [5, 5.41) is 2.96. The Balaban J connectivity index is 1.82. The predicted octanol–water partition coefficient (Wildman–Crippen LogP) is 2.95. The van der Waals surface area contributed by atoms with Crippen molar-refractivity contribution >= 4 is 38.6 Å². The molecule has 0 fully saturated rings. The second kappa shape index (κ2) is 7.84. The average molecular weight is 451 g/mol. The summed E-state index contributed by atoms with van der Waals surface area (Å²) >= 11 is 3.34. The maximum absolute atomic E-state index is 13.1. The number of pyridine rings is 1. The Labute approximate surface area is 173 Å². The fourth-order valence-corrected chi connectivity index (χ4v) is 3.44. The van der Waals surface area contributed by atoms with Crippen molar-refractivity contribution in [3.05, 3.63) is 98.2 Å².